The van der Waals surface area contributed by atoms with Crippen LogP contribution in [0.5, 0.6) is 0 Å². The van der Waals surface area contributed by atoms with Gasteiger partial charge in [-0.1, -0.05) is 35.3 Å². The predicted molar refractivity (Wildman–Crippen MR) is 81.7 cm³/mol. The number of hydrogen-bond donors (Lipinski definition) is 0. The Morgan fingerprint density at radius 2 is 2.05 bits per heavy atom. The van der Waals surface area contributed by atoms with Gasteiger partial charge in [-0.3, -0.25) is 4.79 Å². The summed E-state index contributed by atoms with van der Waals surface area (Å²) in [7, 11) is 0. The Balaban J connectivity index is 2.12. The van der Waals surface area contributed by atoms with Crippen molar-refractivity contribution in [2.75, 3.05) is 0 Å². The summed E-state index contributed by atoms with van der Waals surface area (Å²) in [5.74, 6) is -0.0190. The van der Waals surface area contributed by atoms with Crippen LogP contribution in [0.3, 0.4) is 0 Å². The van der Waals surface area contributed by atoms with Crippen LogP contribution in [0.25, 0.3) is 11.0 Å². The zero-order chi connectivity index (χ0) is 13.6. The Bertz CT molecular complexity index is 791. The fraction of sp³-hybridized carbons (Fsp3) is 0. The number of halogens is 3. The van der Waals surface area contributed by atoms with Crippen LogP contribution >= 0.6 is 50.5 Å². The summed E-state index contributed by atoms with van der Waals surface area (Å²) in [5, 5.41) is 0.857. The summed E-state index contributed by atoms with van der Waals surface area (Å²) in [6, 6.07) is 8.87. The minimum atomic E-state index is -0.267. The molecule has 96 valence electrons. The van der Waals surface area contributed by atoms with E-state index in [1.54, 1.807) is 12.1 Å². The third-order valence-corrected chi connectivity index (χ3v) is 4.73. The van der Waals surface area contributed by atoms with E-state index in [1.807, 2.05) is 18.2 Å². The second-order valence-electron chi connectivity index (χ2n) is 3.84. The van der Waals surface area contributed by atoms with Crippen molar-refractivity contribution in [1.82, 2.24) is 0 Å². The number of hydrogen-bond acceptors (Lipinski definition) is 3. The van der Waals surface area contributed by atoms with Crippen molar-refractivity contribution in [3.8, 4) is 0 Å². The van der Waals surface area contributed by atoms with Crippen LogP contribution in [0.15, 0.2) is 39.2 Å². The first-order chi connectivity index (χ1) is 9.06. The Morgan fingerprint density at radius 3 is 2.68 bits per heavy atom. The highest BCUT2D eigenvalue weighted by Gasteiger charge is 2.20. The van der Waals surface area contributed by atoms with Gasteiger partial charge in [-0.05, 0) is 34.1 Å². The Hall–Kier alpha value is -0.810. The van der Waals surface area contributed by atoms with Crippen molar-refractivity contribution in [3.63, 3.8) is 0 Å². The molecule has 0 N–H and O–H groups in total. The molecule has 0 spiro atoms. The molecule has 2 nitrogen and oxygen atoms in total. The molecule has 0 bridgehead atoms. The minimum absolute atomic E-state index is 0.248. The number of para-hydroxylation sites is 1. The van der Waals surface area contributed by atoms with Crippen LogP contribution in [-0.2, 0) is 0 Å². The molecule has 6 heteroatoms. The zero-order valence-corrected chi connectivity index (χ0v) is 13.2. The van der Waals surface area contributed by atoms with Crippen molar-refractivity contribution in [2.45, 2.75) is 0 Å². The summed E-state index contributed by atoms with van der Waals surface area (Å²) in [5.41, 5.74) is 1.01. The molecule has 0 aliphatic carbocycles. The highest BCUT2D eigenvalue weighted by Crippen LogP contribution is 2.34. The number of benzene rings is 1. The fourth-order valence-electron chi connectivity index (χ4n) is 1.77. The van der Waals surface area contributed by atoms with E-state index in [0.29, 0.717) is 19.8 Å². The molecular weight excluding hydrogens is 371 g/mol. The fourth-order valence-corrected chi connectivity index (χ4v) is 3.69. The molecular formula is C13H5BrCl2O2S. The second-order valence-corrected chi connectivity index (χ2v) is 6.98. The molecule has 0 aliphatic heterocycles. The van der Waals surface area contributed by atoms with Gasteiger partial charge >= 0.3 is 0 Å². The molecule has 0 unspecified atom stereocenters. The maximum atomic E-state index is 12.3. The van der Waals surface area contributed by atoms with Gasteiger partial charge in [-0.2, -0.15) is 0 Å². The van der Waals surface area contributed by atoms with Crippen LogP contribution < -0.4 is 0 Å². The number of carbonyl (C=O) groups is 1. The van der Waals surface area contributed by atoms with Gasteiger partial charge in [0, 0.05) is 5.39 Å². The summed E-state index contributed by atoms with van der Waals surface area (Å²) in [6.07, 6.45) is 0. The SMILES string of the molecule is O=C(c1cc2cccc(Br)c2o1)c1cc(Cl)sc1Cl. The normalized spacial score (nSPS) is 11.1. The standard InChI is InChI=1S/C13H5BrCl2O2S/c14-8-3-1-2-6-4-9(18-12(6)8)11(17)7-5-10(15)19-13(7)16/h1-5H. The minimum Gasteiger partial charge on any atom is -0.451 e. The van der Waals surface area contributed by atoms with Crippen molar-refractivity contribution in [2.24, 2.45) is 0 Å². The van der Waals surface area contributed by atoms with Gasteiger partial charge < -0.3 is 4.42 Å². The number of ketones is 1. The van der Waals surface area contributed by atoms with E-state index in [4.69, 9.17) is 27.6 Å². The predicted octanol–water partition coefficient (Wildman–Crippen LogP) is 5.79. The third-order valence-electron chi connectivity index (χ3n) is 2.62. The summed E-state index contributed by atoms with van der Waals surface area (Å²) >= 11 is 16.4. The van der Waals surface area contributed by atoms with Crippen LogP contribution in [0.1, 0.15) is 16.1 Å². The molecule has 2 heterocycles. The maximum absolute atomic E-state index is 12.3. The van der Waals surface area contributed by atoms with Crippen LogP contribution in [0.4, 0.5) is 0 Å². The van der Waals surface area contributed by atoms with Crippen molar-refractivity contribution < 1.29 is 9.21 Å². The lowest BCUT2D eigenvalue weighted by atomic mass is 10.1. The average Bonchev–Trinajstić information content (AvgIpc) is 2.93. The van der Waals surface area contributed by atoms with Crippen LogP contribution in [0, 0.1) is 0 Å². The second kappa shape index (κ2) is 4.94. The highest BCUT2D eigenvalue weighted by molar-refractivity contribution is 9.10. The molecule has 0 fully saturated rings. The van der Waals surface area contributed by atoms with Crippen LogP contribution in [0.2, 0.25) is 8.67 Å². The first kappa shape index (κ1) is 13.2. The van der Waals surface area contributed by atoms with Crippen LogP contribution in [-0.4, -0.2) is 5.78 Å². The monoisotopic (exact) mass is 374 g/mol. The molecule has 0 aliphatic rings. The van der Waals surface area contributed by atoms with Crippen molar-refractivity contribution in [3.05, 3.63) is 54.8 Å². The zero-order valence-electron chi connectivity index (χ0n) is 9.25. The first-order valence-corrected chi connectivity index (χ1v) is 7.60. The number of rotatable bonds is 2. The molecule has 1 aromatic carbocycles. The number of carbonyl (C=O) groups excluding carboxylic acids is 1. The van der Waals surface area contributed by atoms with E-state index < -0.39 is 0 Å². The molecule has 2 aromatic heterocycles. The quantitative estimate of drug-likeness (QED) is 0.530. The molecule has 0 atom stereocenters. The van der Waals surface area contributed by atoms with Gasteiger partial charge in [0.1, 0.15) is 9.92 Å². The van der Waals surface area contributed by atoms with Crippen molar-refractivity contribution >= 4 is 67.2 Å². The number of furan rings is 1. The van der Waals surface area contributed by atoms with E-state index in [0.717, 1.165) is 21.2 Å². The lowest BCUT2D eigenvalue weighted by Crippen LogP contribution is -1.97. The molecule has 0 saturated heterocycles. The molecule has 0 radical (unpaired) electrons. The van der Waals surface area contributed by atoms with Gasteiger partial charge in [0.25, 0.3) is 0 Å². The van der Waals surface area contributed by atoms with Gasteiger partial charge in [0.2, 0.25) is 5.78 Å². The lowest BCUT2D eigenvalue weighted by Gasteiger charge is -1.94. The Kier molecular flexibility index (Phi) is 3.43. The summed E-state index contributed by atoms with van der Waals surface area (Å²) < 4.78 is 7.24. The highest BCUT2D eigenvalue weighted by atomic mass is 79.9. The largest absolute Gasteiger partial charge is 0.451 e. The molecule has 0 amide bonds. The summed E-state index contributed by atoms with van der Waals surface area (Å²) in [6.45, 7) is 0. The molecule has 19 heavy (non-hydrogen) atoms. The molecule has 3 aromatic rings. The van der Waals surface area contributed by atoms with E-state index in [9.17, 15) is 4.79 Å². The van der Waals surface area contributed by atoms with Gasteiger partial charge in [-0.25, -0.2) is 0 Å². The summed E-state index contributed by atoms with van der Waals surface area (Å²) in [4.78, 5) is 12.3. The Labute approximate surface area is 131 Å². The maximum Gasteiger partial charge on any atom is 0.230 e. The van der Waals surface area contributed by atoms with Gasteiger partial charge in [-0.15, -0.1) is 11.3 Å². The topological polar surface area (TPSA) is 30.2 Å². The van der Waals surface area contributed by atoms with E-state index in [-0.39, 0.29) is 11.5 Å². The average molecular weight is 376 g/mol. The van der Waals surface area contributed by atoms with E-state index in [2.05, 4.69) is 15.9 Å². The molecule has 3 rings (SSSR count). The Morgan fingerprint density at radius 1 is 1.26 bits per heavy atom. The number of fused-ring (bicyclic) bond motifs is 1. The molecule has 0 saturated carbocycles. The van der Waals surface area contributed by atoms with E-state index >= 15 is 0 Å². The smallest absolute Gasteiger partial charge is 0.230 e. The lowest BCUT2D eigenvalue weighted by molar-refractivity contribution is 0.101. The van der Waals surface area contributed by atoms with Gasteiger partial charge in [0.05, 0.1) is 14.4 Å². The van der Waals surface area contributed by atoms with E-state index in [1.165, 1.54) is 0 Å². The van der Waals surface area contributed by atoms with Crippen molar-refractivity contribution in [1.29, 1.82) is 0 Å². The first-order valence-electron chi connectivity index (χ1n) is 5.24. The number of thiophene rings is 1. The third kappa shape index (κ3) is 2.34. The van der Waals surface area contributed by atoms with Gasteiger partial charge in [0.15, 0.2) is 5.76 Å².